The quantitative estimate of drug-likeness (QED) is 0.642. The highest BCUT2D eigenvalue weighted by molar-refractivity contribution is 5.92. The van der Waals surface area contributed by atoms with E-state index in [0.29, 0.717) is 17.9 Å². The number of anilines is 2. The Labute approximate surface area is 162 Å². The summed E-state index contributed by atoms with van der Waals surface area (Å²) in [5, 5.41) is 5.88. The van der Waals surface area contributed by atoms with Gasteiger partial charge in [-0.3, -0.25) is 4.79 Å². The van der Waals surface area contributed by atoms with Gasteiger partial charge in [-0.1, -0.05) is 29.8 Å². The van der Waals surface area contributed by atoms with Gasteiger partial charge in [0.1, 0.15) is 11.5 Å². The lowest BCUT2D eigenvalue weighted by atomic mass is 10.1. The van der Waals surface area contributed by atoms with Gasteiger partial charge in [0.25, 0.3) is 5.91 Å². The van der Waals surface area contributed by atoms with Crippen LogP contribution in [0.4, 0.5) is 11.5 Å². The van der Waals surface area contributed by atoms with E-state index in [4.69, 9.17) is 0 Å². The van der Waals surface area contributed by atoms with Crippen molar-refractivity contribution in [1.82, 2.24) is 15.3 Å². The van der Waals surface area contributed by atoms with Gasteiger partial charge in [-0.05, 0) is 36.8 Å². The molecule has 142 valence electrons. The molecule has 0 aliphatic heterocycles. The second-order valence-corrected chi connectivity index (χ2v) is 6.15. The van der Waals surface area contributed by atoms with Crippen LogP contribution in [0.5, 0.6) is 0 Å². The standard InChI is InChI=1S/C21H20N4O3/c1-14-3-5-15(6-4-14)11-24-20(26)18-12-23-19(13-22-18)25-17-9-7-16(8-10-17)21(27)28-2/h3-10,12-13H,11H2,1-2H3,(H,23,25)(H,24,26). The van der Waals surface area contributed by atoms with Gasteiger partial charge in [0.2, 0.25) is 0 Å². The SMILES string of the molecule is COC(=O)c1ccc(Nc2cnc(C(=O)NCc3ccc(C)cc3)cn2)cc1. The second-order valence-electron chi connectivity index (χ2n) is 6.15. The lowest BCUT2D eigenvalue weighted by molar-refractivity contribution is 0.0600. The van der Waals surface area contributed by atoms with E-state index < -0.39 is 5.97 Å². The average molecular weight is 376 g/mol. The summed E-state index contributed by atoms with van der Waals surface area (Å²) >= 11 is 0. The van der Waals surface area contributed by atoms with E-state index in [0.717, 1.165) is 11.3 Å². The van der Waals surface area contributed by atoms with Gasteiger partial charge in [0.05, 0.1) is 25.1 Å². The molecule has 7 nitrogen and oxygen atoms in total. The van der Waals surface area contributed by atoms with Crippen molar-refractivity contribution in [2.45, 2.75) is 13.5 Å². The predicted octanol–water partition coefficient (Wildman–Crippen LogP) is 3.25. The summed E-state index contributed by atoms with van der Waals surface area (Å²) in [6.07, 6.45) is 2.89. The van der Waals surface area contributed by atoms with E-state index in [-0.39, 0.29) is 11.6 Å². The molecule has 0 unspecified atom stereocenters. The first-order valence-corrected chi connectivity index (χ1v) is 8.66. The minimum Gasteiger partial charge on any atom is -0.465 e. The number of ether oxygens (including phenoxy) is 1. The number of benzene rings is 2. The second kappa shape index (κ2) is 8.77. The van der Waals surface area contributed by atoms with Crippen molar-refractivity contribution in [3.63, 3.8) is 0 Å². The number of amides is 1. The third-order valence-corrected chi connectivity index (χ3v) is 4.04. The number of nitrogens with zero attached hydrogens (tertiary/aromatic N) is 2. The maximum Gasteiger partial charge on any atom is 0.337 e. The van der Waals surface area contributed by atoms with Crippen LogP contribution in [0.25, 0.3) is 0 Å². The van der Waals surface area contributed by atoms with Crippen molar-refractivity contribution in [3.05, 3.63) is 83.3 Å². The molecule has 0 atom stereocenters. The zero-order valence-electron chi connectivity index (χ0n) is 15.6. The molecule has 0 spiro atoms. The van der Waals surface area contributed by atoms with Crippen LogP contribution in [-0.2, 0) is 11.3 Å². The maximum absolute atomic E-state index is 12.2. The molecule has 3 rings (SSSR count). The van der Waals surface area contributed by atoms with Gasteiger partial charge >= 0.3 is 5.97 Å². The van der Waals surface area contributed by atoms with E-state index in [1.807, 2.05) is 31.2 Å². The molecule has 0 saturated carbocycles. The molecule has 0 aliphatic rings. The molecule has 0 fully saturated rings. The monoisotopic (exact) mass is 376 g/mol. The van der Waals surface area contributed by atoms with Gasteiger partial charge in [0.15, 0.2) is 0 Å². The normalized spacial score (nSPS) is 10.2. The number of methoxy groups -OCH3 is 1. The summed E-state index contributed by atoms with van der Waals surface area (Å²) in [5.74, 6) is -0.199. The fourth-order valence-electron chi connectivity index (χ4n) is 2.44. The first kappa shape index (κ1) is 19.0. The van der Waals surface area contributed by atoms with Crippen LogP contribution in [0.1, 0.15) is 32.0 Å². The van der Waals surface area contributed by atoms with Gasteiger partial charge in [-0.15, -0.1) is 0 Å². The summed E-state index contributed by atoms with van der Waals surface area (Å²) in [5.41, 5.74) is 3.61. The molecule has 3 aromatic rings. The third kappa shape index (κ3) is 4.91. The molecule has 28 heavy (non-hydrogen) atoms. The maximum atomic E-state index is 12.2. The van der Waals surface area contributed by atoms with Crippen molar-refractivity contribution < 1.29 is 14.3 Å². The van der Waals surface area contributed by atoms with Gasteiger partial charge < -0.3 is 15.4 Å². The Morgan fingerprint density at radius 3 is 2.29 bits per heavy atom. The molecule has 0 radical (unpaired) electrons. The van der Waals surface area contributed by atoms with Gasteiger partial charge in [-0.25, -0.2) is 14.8 Å². The molecule has 2 N–H and O–H groups in total. The topological polar surface area (TPSA) is 93.2 Å². The highest BCUT2D eigenvalue weighted by Crippen LogP contribution is 2.15. The molecule has 0 aliphatic carbocycles. The lowest BCUT2D eigenvalue weighted by Gasteiger charge is -2.08. The molecule has 2 aromatic carbocycles. The van der Waals surface area contributed by atoms with E-state index in [1.54, 1.807) is 24.3 Å². The van der Waals surface area contributed by atoms with Crippen molar-refractivity contribution in [1.29, 1.82) is 0 Å². The Balaban J connectivity index is 1.57. The van der Waals surface area contributed by atoms with Crippen LogP contribution in [0, 0.1) is 6.92 Å². The lowest BCUT2D eigenvalue weighted by Crippen LogP contribution is -2.24. The Morgan fingerprint density at radius 1 is 0.964 bits per heavy atom. The summed E-state index contributed by atoms with van der Waals surface area (Å²) in [6, 6.07) is 14.7. The van der Waals surface area contributed by atoms with Crippen LogP contribution < -0.4 is 10.6 Å². The minimum absolute atomic E-state index is 0.235. The van der Waals surface area contributed by atoms with Crippen molar-refractivity contribution in [3.8, 4) is 0 Å². The Bertz CT molecular complexity index is 952. The zero-order valence-corrected chi connectivity index (χ0v) is 15.6. The van der Waals surface area contributed by atoms with Crippen LogP contribution in [-0.4, -0.2) is 29.0 Å². The molecule has 1 amide bonds. The Morgan fingerprint density at radius 2 is 1.68 bits per heavy atom. The zero-order chi connectivity index (χ0) is 19.9. The largest absolute Gasteiger partial charge is 0.465 e. The highest BCUT2D eigenvalue weighted by Gasteiger charge is 2.09. The molecule has 1 aromatic heterocycles. The number of carbonyl (C=O) groups excluding carboxylic acids is 2. The van der Waals surface area contributed by atoms with E-state index in [9.17, 15) is 9.59 Å². The van der Waals surface area contributed by atoms with Crippen LogP contribution >= 0.6 is 0 Å². The molecule has 0 bridgehead atoms. The van der Waals surface area contributed by atoms with E-state index in [2.05, 4.69) is 25.3 Å². The molecule has 1 heterocycles. The first-order chi connectivity index (χ1) is 13.5. The predicted molar refractivity (Wildman–Crippen MR) is 105 cm³/mol. The van der Waals surface area contributed by atoms with Crippen molar-refractivity contribution >= 4 is 23.4 Å². The number of hydrogen-bond acceptors (Lipinski definition) is 6. The van der Waals surface area contributed by atoms with Crippen LogP contribution in [0.15, 0.2) is 60.9 Å². The van der Waals surface area contributed by atoms with E-state index >= 15 is 0 Å². The van der Waals surface area contributed by atoms with Gasteiger partial charge in [0, 0.05) is 12.2 Å². The summed E-state index contributed by atoms with van der Waals surface area (Å²) in [6.45, 7) is 2.44. The summed E-state index contributed by atoms with van der Waals surface area (Å²) in [7, 11) is 1.34. The summed E-state index contributed by atoms with van der Waals surface area (Å²) in [4.78, 5) is 32.0. The fraction of sp³-hybridized carbons (Fsp3) is 0.143. The summed E-state index contributed by atoms with van der Waals surface area (Å²) < 4.78 is 4.66. The smallest absolute Gasteiger partial charge is 0.337 e. The molecule has 7 heteroatoms. The number of hydrogen-bond donors (Lipinski definition) is 2. The first-order valence-electron chi connectivity index (χ1n) is 8.66. The van der Waals surface area contributed by atoms with Crippen LogP contribution in [0.2, 0.25) is 0 Å². The van der Waals surface area contributed by atoms with Gasteiger partial charge in [-0.2, -0.15) is 0 Å². The number of aromatic nitrogens is 2. The molecular weight excluding hydrogens is 356 g/mol. The fourth-order valence-corrected chi connectivity index (χ4v) is 2.44. The van der Waals surface area contributed by atoms with Crippen molar-refractivity contribution in [2.24, 2.45) is 0 Å². The number of carbonyl (C=O) groups is 2. The molecular formula is C21H20N4O3. The Hall–Kier alpha value is -3.74. The number of rotatable bonds is 6. The highest BCUT2D eigenvalue weighted by atomic mass is 16.5. The number of aryl methyl sites for hydroxylation is 1. The van der Waals surface area contributed by atoms with Crippen molar-refractivity contribution in [2.75, 3.05) is 12.4 Å². The minimum atomic E-state index is -0.396. The third-order valence-electron chi connectivity index (χ3n) is 4.04. The Kier molecular flexibility index (Phi) is 5.96. The number of nitrogens with one attached hydrogen (secondary N) is 2. The number of esters is 1. The van der Waals surface area contributed by atoms with Crippen LogP contribution in [0.3, 0.4) is 0 Å². The molecule has 0 saturated heterocycles. The van der Waals surface area contributed by atoms with E-state index in [1.165, 1.54) is 25.1 Å². The average Bonchev–Trinajstić information content (AvgIpc) is 2.73.